The van der Waals surface area contributed by atoms with E-state index >= 15 is 0 Å². The monoisotopic (exact) mass is 212 g/mol. The zero-order valence-electron chi connectivity index (χ0n) is 10.9. The van der Waals surface area contributed by atoms with E-state index in [1.165, 1.54) is 32.4 Å². The summed E-state index contributed by atoms with van der Waals surface area (Å²) in [5.74, 6) is 1.48. The van der Waals surface area contributed by atoms with Crippen molar-refractivity contribution < 1.29 is 0 Å². The van der Waals surface area contributed by atoms with Crippen molar-refractivity contribution in [1.82, 2.24) is 4.90 Å². The van der Waals surface area contributed by atoms with Gasteiger partial charge < -0.3 is 5.73 Å². The summed E-state index contributed by atoms with van der Waals surface area (Å²) in [5.41, 5.74) is 6.02. The van der Waals surface area contributed by atoms with Crippen LogP contribution in [0.4, 0.5) is 0 Å². The van der Waals surface area contributed by atoms with Crippen molar-refractivity contribution in [3.63, 3.8) is 0 Å². The van der Waals surface area contributed by atoms with Crippen molar-refractivity contribution in [2.24, 2.45) is 17.6 Å². The van der Waals surface area contributed by atoms with Gasteiger partial charge in [0, 0.05) is 18.6 Å². The maximum absolute atomic E-state index is 6.02. The minimum atomic E-state index is 0.359. The van der Waals surface area contributed by atoms with Crippen LogP contribution in [0.5, 0.6) is 0 Å². The predicted molar refractivity (Wildman–Crippen MR) is 66.9 cm³/mol. The summed E-state index contributed by atoms with van der Waals surface area (Å²) in [6.45, 7) is 11.6. The van der Waals surface area contributed by atoms with Gasteiger partial charge in [0.2, 0.25) is 0 Å². The van der Waals surface area contributed by atoms with Crippen LogP contribution in [0.2, 0.25) is 0 Å². The molecule has 90 valence electrons. The Labute approximate surface area is 95.2 Å². The zero-order valence-corrected chi connectivity index (χ0v) is 10.9. The number of piperidine rings is 1. The van der Waals surface area contributed by atoms with Gasteiger partial charge in [-0.3, -0.25) is 4.90 Å². The SMILES string of the molecule is CCC(C(C)C)N1CCCC(C(C)N)C1. The van der Waals surface area contributed by atoms with Gasteiger partial charge in [-0.1, -0.05) is 20.8 Å². The van der Waals surface area contributed by atoms with Gasteiger partial charge in [0.25, 0.3) is 0 Å². The first-order chi connectivity index (χ1) is 7.06. The van der Waals surface area contributed by atoms with Gasteiger partial charge in [-0.15, -0.1) is 0 Å². The van der Waals surface area contributed by atoms with Crippen molar-refractivity contribution in [2.45, 2.75) is 59.0 Å². The van der Waals surface area contributed by atoms with Crippen molar-refractivity contribution in [1.29, 1.82) is 0 Å². The maximum Gasteiger partial charge on any atom is 0.0116 e. The lowest BCUT2D eigenvalue weighted by Gasteiger charge is -2.41. The molecule has 0 aromatic carbocycles. The van der Waals surface area contributed by atoms with Crippen LogP contribution in [0.3, 0.4) is 0 Å². The van der Waals surface area contributed by atoms with E-state index < -0.39 is 0 Å². The molecule has 0 spiro atoms. The number of nitrogens with two attached hydrogens (primary N) is 1. The lowest BCUT2D eigenvalue weighted by molar-refractivity contribution is 0.0859. The van der Waals surface area contributed by atoms with Crippen LogP contribution < -0.4 is 5.73 Å². The molecule has 1 rings (SSSR count). The molecule has 1 aliphatic heterocycles. The summed E-state index contributed by atoms with van der Waals surface area (Å²) in [7, 11) is 0. The maximum atomic E-state index is 6.02. The third kappa shape index (κ3) is 3.46. The largest absolute Gasteiger partial charge is 0.328 e. The van der Waals surface area contributed by atoms with Gasteiger partial charge in [-0.05, 0) is 44.6 Å². The van der Waals surface area contributed by atoms with Gasteiger partial charge in [0.15, 0.2) is 0 Å². The molecule has 1 aliphatic rings. The minimum absolute atomic E-state index is 0.359. The summed E-state index contributed by atoms with van der Waals surface area (Å²) in [6, 6.07) is 1.11. The van der Waals surface area contributed by atoms with Crippen LogP contribution in [0.1, 0.15) is 47.0 Å². The first-order valence-electron chi connectivity index (χ1n) is 6.55. The van der Waals surface area contributed by atoms with E-state index in [-0.39, 0.29) is 0 Å². The van der Waals surface area contributed by atoms with E-state index in [9.17, 15) is 0 Å². The average Bonchev–Trinajstić information content (AvgIpc) is 2.18. The highest BCUT2D eigenvalue weighted by Crippen LogP contribution is 2.24. The molecule has 0 aromatic heterocycles. The Balaban J connectivity index is 2.54. The summed E-state index contributed by atoms with van der Waals surface area (Å²) in [5, 5.41) is 0. The van der Waals surface area contributed by atoms with Crippen molar-refractivity contribution in [3.05, 3.63) is 0 Å². The van der Waals surface area contributed by atoms with E-state index in [1.807, 2.05) is 0 Å². The topological polar surface area (TPSA) is 29.3 Å². The van der Waals surface area contributed by atoms with Gasteiger partial charge >= 0.3 is 0 Å². The fourth-order valence-electron chi connectivity index (χ4n) is 2.92. The first kappa shape index (κ1) is 13.0. The number of likely N-dealkylation sites (tertiary alicyclic amines) is 1. The number of hydrogen-bond donors (Lipinski definition) is 1. The second-order valence-electron chi connectivity index (χ2n) is 5.48. The highest BCUT2D eigenvalue weighted by atomic mass is 15.2. The molecule has 0 radical (unpaired) electrons. The Kier molecular flexibility index (Phi) is 5.07. The van der Waals surface area contributed by atoms with Gasteiger partial charge in [-0.25, -0.2) is 0 Å². The van der Waals surface area contributed by atoms with Crippen molar-refractivity contribution >= 4 is 0 Å². The van der Waals surface area contributed by atoms with E-state index in [1.54, 1.807) is 0 Å². The summed E-state index contributed by atoms with van der Waals surface area (Å²) < 4.78 is 0. The molecule has 0 aromatic rings. The second kappa shape index (κ2) is 5.86. The molecule has 1 fully saturated rings. The van der Waals surface area contributed by atoms with E-state index in [0.717, 1.165) is 12.0 Å². The van der Waals surface area contributed by atoms with E-state index in [4.69, 9.17) is 5.73 Å². The van der Waals surface area contributed by atoms with Crippen LogP contribution in [0.15, 0.2) is 0 Å². The van der Waals surface area contributed by atoms with E-state index in [2.05, 4.69) is 32.6 Å². The Morgan fingerprint density at radius 1 is 1.33 bits per heavy atom. The van der Waals surface area contributed by atoms with Crippen LogP contribution in [0, 0.1) is 11.8 Å². The fraction of sp³-hybridized carbons (Fsp3) is 1.00. The van der Waals surface area contributed by atoms with Crippen LogP contribution in [0.25, 0.3) is 0 Å². The molecule has 1 saturated heterocycles. The van der Waals surface area contributed by atoms with Crippen molar-refractivity contribution in [2.75, 3.05) is 13.1 Å². The summed E-state index contributed by atoms with van der Waals surface area (Å²) in [6.07, 6.45) is 3.92. The zero-order chi connectivity index (χ0) is 11.4. The normalized spacial score (nSPS) is 28.0. The molecule has 3 unspecified atom stereocenters. The fourth-order valence-corrected chi connectivity index (χ4v) is 2.92. The molecule has 3 atom stereocenters. The Hall–Kier alpha value is -0.0800. The molecule has 0 amide bonds. The summed E-state index contributed by atoms with van der Waals surface area (Å²) >= 11 is 0. The summed E-state index contributed by atoms with van der Waals surface area (Å²) in [4.78, 5) is 2.67. The number of hydrogen-bond acceptors (Lipinski definition) is 2. The van der Waals surface area contributed by atoms with Gasteiger partial charge in [-0.2, -0.15) is 0 Å². The van der Waals surface area contributed by atoms with Gasteiger partial charge in [0.1, 0.15) is 0 Å². The second-order valence-corrected chi connectivity index (χ2v) is 5.48. The first-order valence-corrected chi connectivity index (χ1v) is 6.55. The molecule has 2 N–H and O–H groups in total. The van der Waals surface area contributed by atoms with Crippen LogP contribution >= 0.6 is 0 Å². The lowest BCUT2D eigenvalue weighted by atomic mass is 9.89. The molecule has 2 nitrogen and oxygen atoms in total. The number of nitrogens with zero attached hydrogens (tertiary/aromatic N) is 1. The highest BCUT2D eigenvalue weighted by Gasteiger charge is 2.27. The average molecular weight is 212 g/mol. The van der Waals surface area contributed by atoms with Crippen molar-refractivity contribution in [3.8, 4) is 0 Å². The lowest BCUT2D eigenvalue weighted by Crippen LogP contribution is -2.48. The van der Waals surface area contributed by atoms with E-state index in [0.29, 0.717) is 12.0 Å². The quantitative estimate of drug-likeness (QED) is 0.776. The third-order valence-electron chi connectivity index (χ3n) is 3.89. The molecule has 2 heteroatoms. The molecule has 15 heavy (non-hydrogen) atoms. The standard InChI is InChI=1S/C13H28N2/c1-5-13(10(2)3)15-8-6-7-12(9-15)11(4)14/h10-13H,5-9,14H2,1-4H3. The van der Waals surface area contributed by atoms with Crippen LogP contribution in [-0.4, -0.2) is 30.1 Å². The minimum Gasteiger partial charge on any atom is -0.328 e. The van der Waals surface area contributed by atoms with Gasteiger partial charge in [0.05, 0.1) is 0 Å². The Bertz CT molecular complexity index is 177. The molecular weight excluding hydrogens is 184 g/mol. The molecule has 0 aliphatic carbocycles. The third-order valence-corrected chi connectivity index (χ3v) is 3.89. The molecule has 0 bridgehead atoms. The molecule has 0 saturated carbocycles. The highest BCUT2D eigenvalue weighted by molar-refractivity contribution is 4.83. The number of rotatable bonds is 4. The Morgan fingerprint density at radius 3 is 2.47 bits per heavy atom. The predicted octanol–water partition coefficient (Wildman–Crippen LogP) is 2.48. The van der Waals surface area contributed by atoms with Crippen LogP contribution in [-0.2, 0) is 0 Å². The smallest absolute Gasteiger partial charge is 0.0116 e. The molecular formula is C13H28N2. The Morgan fingerprint density at radius 2 is 2.00 bits per heavy atom. The molecule has 1 heterocycles.